The summed E-state index contributed by atoms with van der Waals surface area (Å²) < 4.78 is 10.1. The maximum Gasteiger partial charge on any atom is 0.324 e. The summed E-state index contributed by atoms with van der Waals surface area (Å²) in [6.07, 6.45) is 1.13. The number of rotatable bonds is 6. The number of carbonyl (C=O) groups is 3. The van der Waals surface area contributed by atoms with Crippen LogP contribution in [0, 0.1) is 5.41 Å². The largest absolute Gasteiger partial charge is 0.465 e. The van der Waals surface area contributed by atoms with Gasteiger partial charge in [0, 0.05) is 11.5 Å². The van der Waals surface area contributed by atoms with Crippen LogP contribution in [0.25, 0.3) is 0 Å². The molecule has 1 aliphatic carbocycles. The van der Waals surface area contributed by atoms with Gasteiger partial charge in [-0.2, -0.15) is 0 Å². The first-order valence-electron chi connectivity index (χ1n) is 6.99. The molecule has 1 saturated carbocycles. The fourth-order valence-corrected chi connectivity index (χ4v) is 2.53. The predicted octanol–water partition coefficient (Wildman–Crippen LogP) is 2.10. The minimum absolute atomic E-state index is 0.219. The van der Waals surface area contributed by atoms with Crippen LogP contribution in [0.15, 0.2) is 24.3 Å². The molecular weight excluding hydrogens is 272 g/mol. The first-order valence-corrected chi connectivity index (χ1v) is 6.99. The summed E-state index contributed by atoms with van der Waals surface area (Å²) in [5, 5.41) is 0. The third kappa shape index (κ3) is 2.68. The lowest BCUT2D eigenvalue weighted by Gasteiger charge is -2.14. The van der Waals surface area contributed by atoms with Gasteiger partial charge < -0.3 is 9.47 Å². The van der Waals surface area contributed by atoms with E-state index in [9.17, 15) is 14.4 Å². The van der Waals surface area contributed by atoms with Gasteiger partial charge in [-0.1, -0.05) is 24.3 Å². The second kappa shape index (κ2) is 6.08. The van der Waals surface area contributed by atoms with Crippen molar-refractivity contribution in [1.29, 1.82) is 0 Å². The minimum atomic E-state index is -1.23. The number of esters is 2. The van der Waals surface area contributed by atoms with E-state index >= 15 is 0 Å². The number of hydrogen-bond acceptors (Lipinski definition) is 5. The fraction of sp³-hybridized carbons (Fsp3) is 0.438. The highest BCUT2D eigenvalue weighted by atomic mass is 16.6. The summed E-state index contributed by atoms with van der Waals surface area (Å²) >= 11 is 0. The zero-order chi connectivity index (χ0) is 15.5. The van der Waals surface area contributed by atoms with E-state index < -0.39 is 17.4 Å². The van der Waals surface area contributed by atoms with Crippen LogP contribution in [0.2, 0.25) is 0 Å². The van der Waals surface area contributed by atoms with Crippen molar-refractivity contribution in [3.05, 3.63) is 35.4 Å². The molecule has 5 nitrogen and oxygen atoms in total. The topological polar surface area (TPSA) is 69.7 Å². The van der Waals surface area contributed by atoms with Crippen molar-refractivity contribution < 1.29 is 23.9 Å². The predicted molar refractivity (Wildman–Crippen MR) is 74.9 cm³/mol. The molecule has 0 radical (unpaired) electrons. The Labute approximate surface area is 123 Å². The average molecular weight is 290 g/mol. The van der Waals surface area contributed by atoms with Gasteiger partial charge in [-0.25, -0.2) is 0 Å². The lowest BCUT2D eigenvalue weighted by molar-refractivity contribution is -0.164. The second-order valence-corrected chi connectivity index (χ2v) is 4.95. The highest BCUT2D eigenvalue weighted by molar-refractivity contribution is 6.05. The molecule has 0 bridgehead atoms. The van der Waals surface area contributed by atoms with E-state index in [1.165, 1.54) is 0 Å². The summed E-state index contributed by atoms with van der Waals surface area (Å²) in [7, 11) is 0. The molecule has 0 aliphatic heterocycles. The van der Waals surface area contributed by atoms with Crippen molar-refractivity contribution in [1.82, 2.24) is 0 Å². The lowest BCUT2D eigenvalue weighted by Crippen LogP contribution is -2.31. The van der Waals surface area contributed by atoms with Crippen molar-refractivity contribution in [2.45, 2.75) is 26.2 Å². The van der Waals surface area contributed by atoms with Crippen LogP contribution >= 0.6 is 0 Å². The van der Waals surface area contributed by atoms with Crippen LogP contribution in [-0.2, 0) is 19.1 Å². The van der Waals surface area contributed by atoms with E-state index in [0.29, 0.717) is 12.0 Å². The zero-order valence-corrected chi connectivity index (χ0v) is 12.1. The maximum atomic E-state index is 12.2. The van der Waals surface area contributed by atoms with E-state index in [4.69, 9.17) is 9.47 Å². The highest BCUT2D eigenvalue weighted by Crippen LogP contribution is 2.60. The number of ether oxygens (including phenoxy) is 2. The second-order valence-electron chi connectivity index (χ2n) is 4.95. The Bertz CT molecular complexity index is 528. The van der Waals surface area contributed by atoms with Crippen molar-refractivity contribution in [3.8, 4) is 0 Å². The quantitative estimate of drug-likeness (QED) is 0.456. The van der Waals surface area contributed by atoms with E-state index in [2.05, 4.69) is 0 Å². The SMILES string of the molecule is CCOC(=O)C1(C(=O)OCC)C[C@H]1c1ccc(C=O)cc1. The van der Waals surface area contributed by atoms with Crippen LogP contribution in [0.3, 0.4) is 0 Å². The summed E-state index contributed by atoms with van der Waals surface area (Å²) in [6, 6.07) is 6.85. The smallest absolute Gasteiger partial charge is 0.324 e. The van der Waals surface area contributed by atoms with Crippen molar-refractivity contribution in [2.75, 3.05) is 13.2 Å². The van der Waals surface area contributed by atoms with Crippen LogP contribution in [0.1, 0.15) is 42.1 Å². The first kappa shape index (κ1) is 15.2. The van der Waals surface area contributed by atoms with Gasteiger partial charge in [0.2, 0.25) is 0 Å². The molecule has 0 N–H and O–H groups in total. The van der Waals surface area contributed by atoms with Gasteiger partial charge in [0.15, 0.2) is 5.41 Å². The van der Waals surface area contributed by atoms with Crippen molar-refractivity contribution in [2.24, 2.45) is 5.41 Å². The normalized spacial score (nSPS) is 18.7. The molecule has 1 aromatic rings. The monoisotopic (exact) mass is 290 g/mol. The molecule has 0 aromatic heterocycles. The van der Waals surface area contributed by atoms with Gasteiger partial charge in [0.05, 0.1) is 13.2 Å². The number of hydrogen-bond donors (Lipinski definition) is 0. The molecule has 1 aromatic carbocycles. The van der Waals surface area contributed by atoms with Gasteiger partial charge in [0.1, 0.15) is 6.29 Å². The van der Waals surface area contributed by atoms with Gasteiger partial charge in [0.25, 0.3) is 0 Å². The number of aldehydes is 1. The van der Waals surface area contributed by atoms with Crippen LogP contribution < -0.4 is 0 Å². The molecule has 0 heterocycles. The molecule has 21 heavy (non-hydrogen) atoms. The Morgan fingerprint density at radius 2 is 1.67 bits per heavy atom. The third-order valence-corrected chi connectivity index (χ3v) is 3.72. The third-order valence-electron chi connectivity index (χ3n) is 3.72. The standard InChI is InChI=1S/C16H18O5/c1-3-20-14(18)16(15(19)21-4-2)9-13(16)12-7-5-11(10-17)6-8-12/h5-8,10,13H,3-4,9H2,1-2H3/t13-/m0/s1. The molecule has 0 saturated heterocycles. The molecule has 112 valence electrons. The van der Waals surface area contributed by atoms with E-state index in [0.717, 1.165) is 11.8 Å². The Kier molecular flexibility index (Phi) is 4.40. The van der Waals surface area contributed by atoms with Crippen LogP contribution in [0.5, 0.6) is 0 Å². The Balaban J connectivity index is 2.26. The summed E-state index contributed by atoms with van der Waals surface area (Å²) in [5.41, 5.74) is 0.160. The van der Waals surface area contributed by atoms with E-state index in [1.54, 1.807) is 38.1 Å². The Hall–Kier alpha value is -2.17. The molecule has 1 fully saturated rings. The number of benzene rings is 1. The average Bonchev–Trinajstić information content (AvgIpc) is 3.25. The van der Waals surface area contributed by atoms with Gasteiger partial charge >= 0.3 is 11.9 Å². The van der Waals surface area contributed by atoms with Crippen molar-refractivity contribution >= 4 is 18.2 Å². The maximum absolute atomic E-state index is 12.2. The van der Waals surface area contributed by atoms with Crippen LogP contribution in [0.4, 0.5) is 0 Å². The molecule has 1 atom stereocenters. The minimum Gasteiger partial charge on any atom is -0.465 e. The zero-order valence-electron chi connectivity index (χ0n) is 12.1. The first-order chi connectivity index (χ1) is 10.1. The molecule has 5 heteroatoms. The van der Waals surface area contributed by atoms with Gasteiger partial charge in [-0.05, 0) is 25.8 Å². The number of carbonyl (C=O) groups excluding carboxylic acids is 3. The molecule has 2 rings (SSSR count). The van der Waals surface area contributed by atoms with Gasteiger partial charge in [-0.3, -0.25) is 14.4 Å². The molecular formula is C16H18O5. The highest BCUT2D eigenvalue weighted by Gasteiger charge is 2.68. The summed E-state index contributed by atoms with van der Waals surface area (Å²) in [5.74, 6) is -1.32. The molecule has 0 unspecified atom stereocenters. The molecule has 0 amide bonds. The van der Waals surface area contributed by atoms with Crippen LogP contribution in [-0.4, -0.2) is 31.4 Å². The van der Waals surface area contributed by atoms with E-state index in [-0.39, 0.29) is 19.1 Å². The van der Waals surface area contributed by atoms with Crippen molar-refractivity contribution in [3.63, 3.8) is 0 Å². The summed E-state index contributed by atoms with van der Waals surface area (Å²) in [4.78, 5) is 35.0. The molecule has 0 spiro atoms. The van der Waals surface area contributed by atoms with Gasteiger partial charge in [-0.15, -0.1) is 0 Å². The summed E-state index contributed by atoms with van der Waals surface area (Å²) in [6.45, 7) is 3.84. The van der Waals surface area contributed by atoms with E-state index in [1.807, 2.05) is 0 Å². The molecule has 1 aliphatic rings. The Morgan fingerprint density at radius 1 is 1.14 bits per heavy atom. The lowest BCUT2D eigenvalue weighted by atomic mass is 9.98. The Morgan fingerprint density at radius 3 is 2.10 bits per heavy atom. The fourth-order valence-electron chi connectivity index (χ4n) is 2.53.